The van der Waals surface area contributed by atoms with Crippen LogP contribution in [0.4, 0.5) is 16.3 Å². The van der Waals surface area contributed by atoms with Gasteiger partial charge in [0.2, 0.25) is 0 Å². The van der Waals surface area contributed by atoms with Crippen LogP contribution in [0.5, 0.6) is 0 Å². The smallest absolute Gasteiger partial charge is 0.323 e. The molecule has 1 N–H and O–H groups in total. The van der Waals surface area contributed by atoms with E-state index < -0.39 is 0 Å². The molecule has 0 radical (unpaired) electrons. The van der Waals surface area contributed by atoms with Gasteiger partial charge in [0.15, 0.2) is 0 Å². The van der Waals surface area contributed by atoms with Crippen molar-refractivity contribution in [3.8, 4) is 0 Å². The number of piperazine rings is 1. The lowest BCUT2D eigenvalue weighted by atomic mass is 10.1. The van der Waals surface area contributed by atoms with Crippen LogP contribution in [0.3, 0.4) is 0 Å². The monoisotopic (exact) mass is 395 g/mol. The highest BCUT2D eigenvalue weighted by molar-refractivity contribution is 6.32. The molecule has 0 unspecified atom stereocenters. The minimum atomic E-state index is -0.134. The number of carbonyl (C=O) groups excluding carboxylic acids is 1. The summed E-state index contributed by atoms with van der Waals surface area (Å²) in [6.45, 7) is 4.65. The number of nitrogens with zero attached hydrogens (tertiary/aromatic N) is 4. The molecule has 1 aromatic heterocycles. The van der Waals surface area contributed by atoms with Crippen molar-refractivity contribution in [3.05, 3.63) is 64.8 Å². The Kier molecular flexibility index (Phi) is 5.30. The maximum Gasteiger partial charge on any atom is 0.323 e. The Morgan fingerprint density at radius 1 is 1.18 bits per heavy atom. The van der Waals surface area contributed by atoms with Gasteiger partial charge in [-0.2, -0.15) is 0 Å². The fourth-order valence-corrected chi connectivity index (χ4v) is 3.68. The Labute approximate surface area is 169 Å². The van der Waals surface area contributed by atoms with E-state index in [9.17, 15) is 4.79 Å². The maximum atomic E-state index is 12.7. The number of fused-ring (bicyclic) bond motifs is 1. The van der Waals surface area contributed by atoms with Crippen LogP contribution in [0.15, 0.2) is 53.7 Å². The number of allylic oxidation sites excluding steroid dienone is 1. The van der Waals surface area contributed by atoms with Crippen molar-refractivity contribution in [2.75, 3.05) is 31.1 Å². The normalized spacial score (nSPS) is 16.3. The summed E-state index contributed by atoms with van der Waals surface area (Å²) in [5.41, 5.74) is 3.28. The number of aliphatic imine (C=N–C) groups is 1. The fraction of sp³-hybridized carbons (Fsp3) is 0.286. The van der Waals surface area contributed by atoms with Gasteiger partial charge in [0, 0.05) is 32.4 Å². The Hall–Kier alpha value is -2.86. The first-order valence-electron chi connectivity index (χ1n) is 9.36. The van der Waals surface area contributed by atoms with Gasteiger partial charge < -0.3 is 9.80 Å². The zero-order valence-electron chi connectivity index (χ0n) is 15.7. The summed E-state index contributed by atoms with van der Waals surface area (Å²) in [6.07, 6.45) is 6.45. The molecule has 0 bridgehead atoms. The minimum absolute atomic E-state index is 0.134. The third-order valence-corrected chi connectivity index (χ3v) is 5.22. The van der Waals surface area contributed by atoms with E-state index in [1.807, 2.05) is 36.4 Å². The van der Waals surface area contributed by atoms with Gasteiger partial charge in [0.1, 0.15) is 11.7 Å². The molecule has 1 aromatic carbocycles. The Morgan fingerprint density at radius 2 is 2.00 bits per heavy atom. The van der Waals surface area contributed by atoms with Crippen LogP contribution in [0.2, 0.25) is 5.02 Å². The number of halogens is 1. The molecule has 0 saturated carbocycles. The molecular formula is C21H22ClN5O. The number of aryl methyl sites for hydroxylation is 1. The summed E-state index contributed by atoms with van der Waals surface area (Å²) >= 11 is 6.23. The second-order valence-electron chi connectivity index (χ2n) is 6.95. The highest BCUT2D eigenvalue weighted by Gasteiger charge is 2.23. The largest absolute Gasteiger partial charge is 0.352 e. The number of urea groups is 1. The van der Waals surface area contributed by atoms with Crippen molar-refractivity contribution in [2.45, 2.75) is 13.3 Å². The molecule has 1 saturated heterocycles. The highest BCUT2D eigenvalue weighted by atomic mass is 35.5. The molecular weight excluding hydrogens is 374 g/mol. The number of aromatic nitrogens is 1. The van der Waals surface area contributed by atoms with Crippen LogP contribution in [0.25, 0.3) is 0 Å². The Morgan fingerprint density at radius 3 is 2.79 bits per heavy atom. The molecule has 28 heavy (non-hydrogen) atoms. The lowest BCUT2D eigenvalue weighted by Gasteiger charge is -2.35. The van der Waals surface area contributed by atoms with Crippen LogP contribution in [-0.4, -0.2) is 47.9 Å². The second kappa shape index (κ2) is 8.02. The highest BCUT2D eigenvalue weighted by Crippen LogP contribution is 2.24. The fourth-order valence-electron chi connectivity index (χ4n) is 3.44. The van der Waals surface area contributed by atoms with Crippen LogP contribution < -0.4 is 10.2 Å². The van der Waals surface area contributed by atoms with E-state index >= 15 is 0 Å². The molecule has 4 rings (SSSR count). The SMILES string of the molecule is Cc1ccc2c(c1)CC=CC(NC(=O)N1CCN(c3ncccc3Cl)CC1)=N2. The predicted molar refractivity (Wildman–Crippen MR) is 113 cm³/mol. The topological polar surface area (TPSA) is 60.8 Å². The number of carbonyl (C=O) groups is 1. The van der Waals surface area contributed by atoms with E-state index in [1.165, 1.54) is 11.1 Å². The predicted octanol–water partition coefficient (Wildman–Crippen LogP) is 3.72. The van der Waals surface area contributed by atoms with Crippen molar-refractivity contribution in [1.82, 2.24) is 15.2 Å². The van der Waals surface area contributed by atoms with Crippen LogP contribution >= 0.6 is 11.6 Å². The molecule has 2 aliphatic heterocycles. The number of hydrogen-bond donors (Lipinski definition) is 1. The Bertz CT molecular complexity index is 948. The van der Waals surface area contributed by atoms with Gasteiger partial charge in [-0.05, 0) is 43.2 Å². The lowest BCUT2D eigenvalue weighted by molar-refractivity contribution is 0.199. The van der Waals surface area contributed by atoms with E-state index in [1.54, 1.807) is 11.1 Å². The van der Waals surface area contributed by atoms with Crippen molar-refractivity contribution in [2.24, 2.45) is 4.99 Å². The molecule has 7 heteroatoms. The van der Waals surface area contributed by atoms with E-state index in [0.29, 0.717) is 37.0 Å². The second-order valence-corrected chi connectivity index (χ2v) is 7.36. The van der Waals surface area contributed by atoms with Crippen molar-refractivity contribution in [3.63, 3.8) is 0 Å². The van der Waals surface area contributed by atoms with Gasteiger partial charge in [0.05, 0.1) is 10.7 Å². The molecule has 2 amide bonds. The van der Waals surface area contributed by atoms with Crippen LogP contribution in [-0.2, 0) is 6.42 Å². The molecule has 0 spiro atoms. The summed E-state index contributed by atoms with van der Waals surface area (Å²) in [6, 6.07) is 9.68. The van der Waals surface area contributed by atoms with Gasteiger partial charge in [-0.15, -0.1) is 0 Å². The van der Waals surface area contributed by atoms with Crippen molar-refractivity contribution < 1.29 is 4.79 Å². The number of pyridine rings is 1. The van der Waals surface area contributed by atoms with Gasteiger partial charge in [-0.1, -0.05) is 35.4 Å². The van der Waals surface area contributed by atoms with E-state index in [2.05, 4.69) is 33.2 Å². The minimum Gasteiger partial charge on any atom is -0.352 e. The molecule has 0 atom stereocenters. The molecule has 6 nitrogen and oxygen atoms in total. The third-order valence-electron chi connectivity index (χ3n) is 4.93. The standard InChI is InChI=1S/C21H22ClN5O/c1-15-7-8-18-16(14-15)4-2-6-19(24-18)25-21(28)27-12-10-26(11-13-27)20-17(22)5-3-9-23-20/h2-3,5-9,14H,4,10-13H2,1H3,(H,24,25,28). The molecule has 144 valence electrons. The van der Waals surface area contributed by atoms with E-state index in [0.717, 1.165) is 17.9 Å². The molecule has 1 fully saturated rings. The maximum absolute atomic E-state index is 12.7. The first kappa shape index (κ1) is 18.5. The zero-order chi connectivity index (χ0) is 19.5. The summed E-state index contributed by atoms with van der Waals surface area (Å²) < 4.78 is 0. The Balaban J connectivity index is 1.40. The molecule has 0 aliphatic carbocycles. The molecule has 3 heterocycles. The quantitative estimate of drug-likeness (QED) is 0.800. The van der Waals surface area contributed by atoms with Crippen LogP contribution in [0, 0.1) is 6.92 Å². The average Bonchev–Trinajstić information content (AvgIpc) is 2.90. The summed E-state index contributed by atoms with van der Waals surface area (Å²) in [4.78, 5) is 25.6. The number of nitrogens with one attached hydrogen (secondary N) is 1. The molecule has 2 aliphatic rings. The summed E-state index contributed by atoms with van der Waals surface area (Å²) in [5, 5.41) is 3.57. The van der Waals surface area contributed by atoms with Gasteiger partial charge in [0.25, 0.3) is 0 Å². The number of rotatable bonds is 1. The number of benzene rings is 1. The van der Waals surface area contributed by atoms with Gasteiger partial charge >= 0.3 is 6.03 Å². The number of amides is 2. The number of amidine groups is 1. The van der Waals surface area contributed by atoms with Crippen molar-refractivity contribution >= 4 is 35.0 Å². The van der Waals surface area contributed by atoms with Gasteiger partial charge in [-0.25, -0.2) is 14.8 Å². The zero-order valence-corrected chi connectivity index (χ0v) is 16.5. The molecule has 2 aromatic rings. The third kappa shape index (κ3) is 4.02. The average molecular weight is 396 g/mol. The van der Waals surface area contributed by atoms with Crippen molar-refractivity contribution in [1.29, 1.82) is 0 Å². The van der Waals surface area contributed by atoms with Crippen LogP contribution in [0.1, 0.15) is 11.1 Å². The first-order chi connectivity index (χ1) is 13.6. The van der Waals surface area contributed by atoms with Gasteiger partial charge in [-0.3, -0.25) is 5.32 Å². The lowest BCUT2D eigenvalue weighted by Crippen LogP contribution is -2.52. The summed E-state index contributed by atoms with van der Waals surface area (Å²) in [5.74, 6) is 1.34. The number of hydrogen-bond acceptors (Lipinski definition) is 4. The van der Waals surface area contributed by atoms with E-state index in [-0.39, 0.29) is 6.03 Å². The number of anilines is 1. The summed E-state index contributed by atoms with van der Waals surface area (Å²) in [7, 11) is 0. The van der Waals surface area contributed by atoms with E-state index in [4.69, 9.17) is 11.6 Å². The first-order valence-corrected chi connectivity index (χ1v) is 9.74.